The molecule has 2 aromatic rings. The molecule has 116 valence electrons. The van der Waals surface area contributed by atoms with Crippen molar-refractivity contribution in [2.45, 2.75) is 19.1 Å². The molecule has 0 aliphatic carbocycles. The van der Waals surface area contributed by atoms with Gasteiger partial charge in [0.05, 0.1) is 6.42 Å². The number of benzene rings is 1. The van der Waals surface area contributed by atoms with Crippen molar-refractivity contribution >= 4 is 5.91 Å². The molecule has 1 aromatic carbocycles. The summed E-state index contributed by atoms with van der Waals surface area (Å²) in [5.74, 6) is -0.435. The highest BCUT2D eigenvalue weighted by Crippen LogP contribution is 2.21. The minimum atomic E-state index is -4.30. The monoisotopic (exact) mass is 308 g/mol. The van der Waals surface area contributed by atoms with Crippen LogP contribution in [-0.2, 0) is 6.54 Å². The van der Waals surface area contributed by atoms with Gasteiger partial charge < -0.3 is 4.90 Å². The van der Waals surface area contributed by atoms with Crippen LogP contribution in [0.1, 0.15) is 22.3 Å². The van der Waals surface area contributed by atoms with Crippen molar-refractivity contribution in [2.24, 2.45) is 0 Å². The number of hydrogen-bond donors (Lipinski definition) is 0. The van der Waals surface area contributed by atoms with Gasteiger partial charge in [-0.05, 0) is 17.7 Å². The van der Waals surface area contributed by atoms with Crippen LogP contribution in [0.2, 0.25) is 0 Å². The minimum absolute atomic E-state index is 0.137. The molecule has 0 radical (unpaired) electrons. The lowest BCUT2D eigenvalue weighted by Crippen LogP contribution is -2.33. The predicted octanol–water partition coefficient (Wildman–Crippen LogP) is 3.68. The van der Waals surface area contributed by atoms with Gasteiger partial charge in [0, 0.05) is 31.0 Å². The second kappa shape index (κ2) is 7.06. The zero-order valence-electron chi connectivity index (χ0n) is 11.8. The number of carbonyl (C=O) groups excluding carboxylic acids is 1. The van der Waals surface area contributed by atoms with Gasteiger partial charge in [0.15, 0.2) is 0 Å². The summed E-state index contributed by atoms with van der Waals surface area (Å²) in [5.41, 5.74) is 1.11. The van der Waals surface area contributed by atoms with Crippen LogP contribution in [0.3, 0.4) is 0 Å². The standard InChI is InChI=1S/C16H15F3N2O/c17-16(18,19)8-11-21(12-13-4-2-1-3-5-13)15(22)14-6-9-20-10-7-14/h1-7,9-10H,8,11-12H2. The number of amides is 1. The highest BCUT2D eigenvalue weighted by atomic mass is 19.4. The Bertz CT molecular complexity index is 600. The predicted molar refractivity (Wildman–Crippen MR) is 76.1 cm³/mol. The third-order valence-electron chi connectivity index (χ3n) is 3.10. The topological polar surface area (TPSA) is 33.2 Å². The van der Waals surface area contributed by atoms with E-state index in [-0.39, 0.29) is 13.1 Å². The summed E-state index contributed by atoms with van der Waals surface area (Å²) in [5, 5.41) is 0. The zero-order valence-corrected chi connectivity index (χ0v) is 11.8. The van der Waals surface area contributed by atoms with E-state index in [0.29, 0.717) is 5.56 Å². The summed E-state index contributed by atoms with van der Waals surface area (Å²) >= 11 is 0. The Kier molecular flexibility index (Phi) is 5.14. The van der Waals surface area contributed by atoms with Crippen LogP contribution in [0.4, 0.5) is 13.2 Å². The Morgan fingerprint density at radius 2 is 1.68 bits per heavy atom. The molecule has 3 nitrogen and oxygen atoms in total. The maximum Gasteiger partial charge on any atom is 0.390 e. The maximum atomic E-state index is 12.5. The number of alkyl halides is 3. The van der Waals surface area contributed by atoms with Crippen LogP contribution in [-0.4, -0.2) is 28.5 Å². The molecule has 0 bridgehead atoms. The lowest BCUT2D eigenvalue weighted by atomic mass is 10.1. The Balaban J connectivity index is 2.15. The smallest absolute Gasteiger partial charge is 0.334 e. The first-order valence-corrected chi connectivity index (χ1v) is 6.76. The fraction of sp³-hybridized carbons (Fsp3) is 0.250. The number of carbonyl (C=O) groups is 1. The normalized spacial score (nSPS) is 11.2. The lowest BCUT2D eigenvalue weighted by Gasteiger charge is -2.23. The van der Waals surface area contributed by atoms with Gasteiger partial charge in [0.25, 0.3) is 5.91 Å². The Morgan fingerprint density at radius 1 is 1.05 bits per heavy atom. The summed E-state index contributed by atoms with van der Waals surface area (Å²) in [4.78, 5) is 17.4. The second-order valence-corrected chi connectivity index (χ2v) is 4.81. The molecule has 0 aliphatic heterocycles. The summed E-state index contributed by atoms with van der Waals surface area (Å²) in [6, 6.07) is 11.9. The average Bonchev–Trinajstić information content (AvgIpc) is 2.52. The number of nitrogens with zero attached hydrogens (tertiary/aromatic N) is 2. The molecule has 0 N–H and O–H groups in total. The van der Waals surface area contributed by atoms with Crippen molar-refractivity contribution in [3.8, 4) is 0 Å². The molecule has 0 aliphatic rings. The molecular formula is C16H15F3N2O. The van der Waals surface area contributed by atoms with Gasteiger partial charge in [0.2, 0.25) is 0 Å². The molecule has 0 atom stereocenters. The molecule has 0 saturated carbocycles. The van der Waals surface area contributed by atoms with E-state index >= 15 is 0 Å². The largest absolute Gasteiger partial charge is 0.390 e. The molecule has 6 heteroatoms. The Labute approximate surface area is 126 Å². The van der Waals surface area contributed by atoms with Crippen molar-refractivity contribution in [3.05, 3.63) is 66.0 Å². The van der Waals surface area contributed by atoms with Crippen LogP contribution in [0.15, 0.2) is 54.9 Å². The van der Waals surface area contributed by atoms with Crippen molar-refractivity contribution in [2.75, 3.05) is 6.54 Å². The van der Waals surface area contributed by atoms with E-state index in [0.717, 1.165) is 5.56 Å². The number of hydrogen-bond acceptors (Lipinski definition) is 2. The first kappa shape index (κ1) is 16.0. The van der Waals surface area contributed by atoms with Crippen LogP contribution < -0.4 is 0 Å². The van der Waals surface area contributed by atoms with Gasteiger partial charge in [-0.15, -0.1) is 0 Å². The van der Waals surface area contributed by atoms with E-state index < -0.39 is 18.5 Å². The molecule has 1 heterocycles. The molecule has 22 heavy (non-hydrogen) atoms. The van der Waals surface area contributed by atoms with Gasteiger partial charge >= 0.3 is 6.18 Å². The molecule has 0 unspecified atom stereocenters. The van der Waals surface area contributed by atoms with Crippen LogP contribution in [0, 0.1) is 0 Å². The molecule has 0 fully saturated rings. The third kappa shape index (κ3) is 4.87. The van der Waals surface area contributed by atoms with E-state index in [9.17, 15) is 18.0 Å². The number of halogens is 3. The first-order chi connectivity index (χ1) is 10.5. The summed E-state index contributed by atoms with van der Waals surface area (Å²) in [6.45, 7) is -0.238. The van der Waals surface area contributed by atoms with Gasteiger partial charge in [0.1, 0.15) is 0 Å². The number of pyridine rings is 1. The maximum absolute atomic E-state index is 12.5. The van der Waals surface area contributed by atoms with Crippen molar-refractivity contribution in [1.82, 2.24) is 9.88 Å². The van der Waals surface area contributed by atoms with Crippen LogP contribution in [0.5, 0.6) is 0 Å². The summed E-state index contributed by atoms with van der Waals surface area (Å²) < 4.78 is 37.4. The fourth-order valence-electron chi connectivity index (χ4n) is 2.00. The fourth-order valence-corrected chi connectivity index (χ4v) is 2.00. The SMILES string of the molecule is O=C(c1ccncc1)N(CCC(F)(F)F)Cc1ccccc1. The molecular weight excluding hydrogens is 293 g/mol. The van der Waals surface area contributed by atoms with Crippen LogP contribution in [0.25, 0.3) is 0 Å². The first-order valence-electron chi connectivity index (χ1n) is 6.76. The number of aromatic nitrogens is 1. The molecule has 1 aromatic heterocycles. The molecule has 2 rings (SSSR count). The quantitative estimate of drug-likeness (QED) is 0.844. The summed E-state index contributed by atoms with van der Waals surface area (Å²) in [6.07, 6.45) is -2.44. The van der Waals surface area contributed by atoms with E-state index in [1.807, 2.05) is 6.07 Å². The molecule has 1 amide bonds. The third-order valence-corrected chi connectivity index (χ3v) is 3.10. The van der Waals surface area contributed by atoms with Crippen molar-refractivity contribution in [1.29, 1.82) is 0 Å². The highest BCUT2D eigenvalue weighted by molar-refractivity contribution is 5.94. The van der Waals surface area contributed by atoms with E-state index in [4.69, 9.17) is 0 Å². The van der Waals surface area contributed by atoms with Gasteiger partial charge in [-0.3, -0.25) is 9.78 Å². The molecule has 0 saturated heterocycles. The average molecular weight is 308 g/mol. The van der Waals surface area contributed by atoms with Gasteiger partial charge in [-0.2, -0.15) is 13.2 Å². The van der Waals surface area contributed by atoms with E-state index in [1.165, 1.54) is 29.4 Å². The minimum Gasteiger partial charge on any atom is -0.334 e. The van der Waals surface area contributed by atoms with E-state index in [2.05, 4.69) is 4.98 Å². The highest BCUT2D eigenvalue weighted by Gasteiger charge is 2.29. The Hall–Kier alpha value is -2.37. The van der Waals surface area contributed by atoms with E-state index in [1.54, 1.807) is 24.3 Å². The van der Waals surface area contributed by atoms with Crippen molar-refractivity contribution < 1.29 is 18.0 Å². The lowest BCUT2D eigenvalue weighted by molar-refractivity contribution is -0.136. The zero-order chi connectivity index (χ0) is 16.0. The van der Waals surface area contributed by atoms with Crippen LogP contribution >= 0.6 is 0 Å². The summed E-state index contributed by atoms with van der Waals surface area (Å²) in [7, 11) is 0. The van der Waals surface area contributed by atoms with Gasteiger partial charge in [-0.25, -0.2) is 0 Å². The second-order valence-electron chi connectivity index (χ2n) is 4.81. The van der Waals surface area contributed by atoms with Crippen molar-refractivity contribution in [3.63, 3.8) is 0 Å². The Morgan fingerprint density at radius 3 is 2.27 bits per heavy atom. The molecule has 0 spiro atoms. The van der Waals surface area contributed by atoms with Gasteiger partial charge in [-0.1, -0.05) is 30.3 Å². The number of rotatable bonds is 5.